The number of hydrogen-bond donors (Lipinski definition) is 1. The number of nitrogens with one attached hydrogen (secondary N) is 1. The molecule has 0 aliphatic heterocycles. The molecule has 0 heterocycles. The quantitative estimate of drug-likeness (QED) is 0.672. The lowest BCUT2D eigenvalue weighted by Crippen LogP contribution is -2.10. The van der Waals surface area contributed by atoms with E-state index in [1.807, 2.05) is 24.3 Å². The van der Waals surface area contributed by atoms with Crippen molar-refractivity contribution in [2.45, 2.75) is 12.7 Å². The third-order valence-corrected chi connectivity index (χ3v) is 3.65. The van der Waals surface area contributed by atoms with Crippen molar-refractivity contribution in [3.05, 3.63) is 62.5 Å². The van der Waals surface area contributed by atoms with Gasteiger partial charge in [-0.3, -0.25) is 0 Å². The molecule has 0 atom stereocenters. The van der Waals surface area contributed by atoms with Crippen LogP contribution < -0.4 is 5.32 Å². The van der Waals surface area contributed by atoms with E-state index in [2.05, 4.69) is 37.2 Å². The molecule has 6 heteroatoms. The van der Waals surface area contributed by atoms with Crippen LogP contribution in [0.2, 0.25) is 0 Å². The predicted molar refractivity (Wildman–Crippen MR) is 80.6 cm³/mol. The molecule has 1 nitrogen and oxygen atoms in total. The lowest BCUT2D eigenvalue weighted by Gasteiger charge is -2.15. The zero-order chi connectivity index (χ0) is 14.8. The monoisotopic (exact) mass is 407 g/mol. The van der Waals surface area contributed by atoms with Gasteiger partial charge in [0.2, 0.25) is 0 Å². The fraction of sp³-hybridized carbons (Fsp3) is 0.143. The molecular weight excluding hydrogens is 399 g/mol. The molecule has 0 unspecified atom stereocenters. The number of benzene rings is 2. The van der Waals surface area contributed by atoms with Crippen LogP contribution in [0.5, 0.6) is 0 Å². The van der Waals surface area contributed by atoms with E-state index in [0.29, 0.717) is 11.0 Å². The minimum atomic E-state index is -4.37. The van der Waals surface area contributed by atoms with Gasteiger partial charge >= 0.3 is 6.18 Å². The van der Waals surface area contributed by atoms with Gasteiger partial charge in [0.1, 0.15) is 0 Å². The summed E-state index contributed by atoms with van der Waals surface area (Å²) in [4.78, 5) is 0. The maximum atomic E-state index is 12.9. The Morgan fingerprint density at radius 1 is 0.950 bits per heavy atom. The number of hydrogen-bond acceptors (Lipinski definition) is 1. The Hall–Kier alpha value is -1.01. The molecule has 0 fully saturated rings. The van der Waals surface area contributed by atoms with Gasteiger partial charge < -0.3 is 5.32 Å². The Morgan fingerprint density at radius 3 is 2.30 bits per heavy atom. The lowest BCUT2D eigenvalue weighted by atomic mass is 10.1. The summed E-state index contributed by atoms with van der Waals surface area (Å²) in [5.74, 6) is 0. The maximum absolute atomic E-state index is 12.9. The van der Waals surface area contributed by atoms with Gasteiger partial charge in [0, 0.05) is 21.2 Å². The van der Waals surface area contributed by atoms with E-state index < -0.39 is 11.7 Å². The lowest BCUT2D eigenvalue weighted by molar-refractivity contribution is -0.137. The molecule has 1 N–H and O–H groups in total. The van der Waals surface area contributed by atoms with Crippen LogP contribution in [-0.2, 0) is 12.7 Å². The van der Waals surface area contributed by atoms with Crippen molar-refractivity contribution in [1.82, 2.24) is 0 Å². The van der Waals surface area contributed by atoms with Gasteiger partial charge in [-0.2, -0.15) is 13.2 Å². The zero-order valence-electron chi connectivity index (χ0n) is 10.1. The summed E-state index contributed by atoms with van der Waals surface area (Å²) in [6, 6.07) is 11.3. The molecule has 0 radical (unpaired) electrons. The molecule has 0 saturated heterocycles. The second-order valence-corrected chi connectivity index (χ2v) is 6.00. The molecule has 0 spiro atoms. The molecule has 2 aromatic carbocycles. The molecule has 2 aromatic rings. The number of halogens is 5. The average Bonchev–Trinajstić information content (AvgIpc) is 2.35. The van der Waals surface area contributed by atoms with Gasteiger partial charge in [-0.1, -0.05) is 44.0 Å². The highest BCUT2D eigenvalue weighted by molar-refractivity contribution is 9.10. The first-order chi connectivity index (χ1) is 9.36. The van der Waals surface area contributed by atoms with Crippen LogP contribution in [0, 0.1) is 0 Å². The third kappa shape index (κ3) is 3.99. The molecule has 0 amide bonds. The summed E-state index contributed by atoms with van der Waals surface area (Å²) in [5, 5.41) is 2.83. The van der Waals surface area contributed by atoms with Crippen molar-refractivity contribution in [2.75, 3.05) is 5.32 Å². The van der Waals surface area contributed by atoms with Crippen molar-refractivity contribution in [3.63, 3.8) is 0 Å². The minimum absolute atomic E-state index is 0.0619. The second kappa shape index (κ2) is 6.18. The van der Waals surface area contributed by atoms with E-state index >= 15 is 0 Å². The van der Waals surface area contributed by atoms with E-state index in [4.69, 9.17) is 0 Å². The average molecular weight is 409 g/mol. The summed E-state index contributed by atoms with van der Waals surface area (Å²) in [6.07, 6.45) is -4.37. The Balaban J connectivity index is 2.22. The van der Waals surface area contributed by atoms with Crippen LogP contribution in [0.15, 0.2) is 51.4 Å². The fourth-order valence-electron chi connectivity index (χ4n) is 1.75. The largest absolute Gasteiger partial charge is 0.418 e. The molecule has 20 heavy (non-hydrogen) atoms. The zero-order valence-corrected chi connectivity index (χ0v) is 13.3. The molecular formula is C14H10Br2F3N. The van der Waals surface area contributed by atoms with Crippen LogP contribution in [0.25, 0.3) is 0 Å². The first-order valence-electron chi connectivity index (χ1n) is 5.71. The molecule has 106 valence electrons. The van der Waals surface area contributed by atoms with E-state index in [-0.39, 0.29) is 5.69 Å². The van der Waals surface area contributed by atoms with E-state index in [0.717, 1.165) is 16.1 Å². The third-order valence-electron chi connectivity index (χ3n) is 2.66. The maximum Gasteiger partial charge on any atom is 0.418 e. The SMILES string of the molecule is FC(F)(F)c1ccc(Br)cc1NCc1cccc(Br)c1. The van der Waals surface area contributed by atoms with Gasteiger partial charge in [0.05, 0.1) is 5.56 Å². The number of rotatable bonds is 3. The summed E-state index contributed by atoms with van der Waals surface area (Å²) in [7, 11) is 0. The van der Waals surface area contributed by atoms with Gasteiger partial charge in [0.25, 0.3) is 0 Å². The molecule has 0 saturated carbocycles. The number of alkyl halides is 3. The first kappa shape index (κ1) is 15.4. The van der Waals surface area contributed by atoms with E-state index in [1.54, 1.807) is 0 Å². The molecule has 0 bridgehead atoms. The number of anilines is 1. The van der Waals surface area contributed by atoms with Crippen LogP contribution >= 0.6 is 31.9 Å². The van der Waals surface area contributed by atoms with Gasteiger partial charge in [-0.15, -0.1) is 0 Å². The van der Waals surface area contributed by atoms with Gasteiger partial charge in [-0.25, -0.2) is 0 Å². The highest BCUT2D eigenvalue weighted by Gasteiger charge is 2.33. The summed E-state index contributed by atoms with van der Waals surface area (Å²) in [6.45, 7) is 0.318. The summed E-state index contributed by atoms with van der Waals surface area (Å²) < 4.78 is 40.2. The van der Waals surface area contributed by atoms with Crippen molar-refractivity contribution in [1.29, 1.82) is 0 Å². The highest BCUT2D eigenvalue weighted by atomic mass is 79.9. The van der Waals surface area contributed by atoms with Crippen LogP contribution in [-0.4, -0.2) is 0 Å². The Labute approximate surface area is 131 Å². The Kier molecular flexibility index (Phi) is 4.75. The fourth-order valence-corrected chi connectivity index (χ4v) is 2.56. The van der Waals surface area contributed by atoms with Crippen LogP contribution in [0.1, 0.15) is 11.1 Å². The van der Waals surface area contributed by atoms with Crippen molar-refractivity contribution in [2.24, 2.45) is 0 Å². The standard InChI is InChI=1S/C14H10Br2F3N/c15-10-3-1-2-9(6-10)8-20-13-7-11(16)4-5-12(13)14(17,18)19/h1-7,20H,8H2. The first-order valence-corrected chi connectivity index (χ1v) is 7.30. The molecule has 0 aromatic heterocycles. The molecule has 0 aliphatic carbocycles. The normalized spacial score (nSPS) is 11.4. The minimum Gasteiger partial charge on any atom is -0.380 e. The van der Waals surface area contributed by atoms with Crippen LogP contribution in [0.4, 0.5) is 18.9 Å². The summed E-state index contributed by atoms with van der Waals surface area (Å²) in [5.41, 5.74) is 0.287. The van der Waals surface area contributed by atoms with Crippen molar-refractivity contribution in [3.8, 4) is 0 Å². The molecule has 2 rings (SSSR count). The Morgan fingerprint density at radius 2 is 1.65 bits per heavy atom. The van der Waals surface area contributed by atoms with E-state index in [9.17, 15) is 13.2 Å². The predicted octanol–water partition coefficient (Wildman–Crippen LogP) is 5.84. The van der Waals surface area contributed by atoms with Crippen LogP contribution in [0.3, 0.4) is 0 Å². The van der Waals surface area contributed by atoms with Crippen molar-refractivity contribution >= 4 is 37.5 Å². The molecule has 0 aliphatic rings. The second-order valence-electron chi connectivity index (χ2n) is 4.17. The Bertz CT molecular complexity index is 612. The summed E-state index contributed by atoms with van der Waals surface area (Å²) >= 11 is 6.52. The van der Waals surface area contributed by atoms with Gasteiger partial charge in [-0.05, 0) is 35.9 Å². The smallest absolute Gasteiger partial charge is 0.380 e. The topological polar surface area (TPSA) is 12.0 Å². The van der Waals surface area contributed by atoms with E-state index in [1.165, 1.54) is 12.1 Å². The van der Waals surface area contributed by atoms with Crippen molar-refractivity contribution < 1.29 is 13.2 Å². The van der Waals surface area contributed by atoms with Gasteiger partial charge in [0.15, 0.2) is 0 Å². The highest BCUT2D eigenvalue weighted by Crippen LogP contribution is 2.36.